The summed E-state index contributed by atoms with van der Waals surface area (Å²) in [5.74, 6) is 0.895. The van der Waals surface area contributed by atoms with Gasteiger partial charge >= 0.3 is 0 Å². The summed E-state index contributed by atoms with van der Waals surface area (Å²) in [5, 5.41) is 9.77. The standard InChI is InChI=1S/C24H20N4O2/c1-16-23(30)21(15-29)28-22(27-16)12-19-13-25-24(26-14-19)20-9-7-18(8-10-20)11-17-5-3-2-4-6-17/h2-10,13-15,30H,11-12H2,1H3. The van der Waals surface area contributed by atoms with Crippen molar-refractivity contribution < 1.29 is 9.90 Å². The quantitative estimate of drug-likeness (QED) is 0.497. The van der Waals surface area contributed by atoms with E-state index in [2.05, 4.69) is 44.2 Å². The molecule has 2 heterocycles. The summed E-state index contributed by atoms with van der Waals surface area (Å²) in [6.07, 6.45) is 5.24. The SMILES string of the molecule is Cc1nc(Cc2cnc(-c3ccc(Cc4ccccc4)cc3)nc2)nc(C=O)c1O. The van der Waals surface area contributed by atoms with Gasteiger partial charge < -0.3 is 5.11 Å². The van der Waals surface area contributed by atoms with Crippen molar-refractivity contribution in [3.05, 3.63) is 101 Å². The van der Waals surface area contributed by atoms with E-state index in [1.54, 1.807) is 19.3 Å². The van der Waals surface area contributed by atoms with Gasteiger partial charge in [-0.15, -0.1) is 0 Å². The molecule has 0 aliphatic carbocycles. The van der Waals surface area contributed by atoms with E-state index in [0.717, 1.165) is 17.5 Å². The average Bonchev–Trinajstić information content (AvgIpc) is 2.78. The fraction of sp³-hybridized carbons (Fsp3) is 0.125. The summed E-state index contributed by atoms with van der Waals surface area (Å²) in [4.78, 5) is 28.3. The highest BCUT2D eigenvalue weighted by molar-refractivity contribution is 5.76. The zero-order valence-electron chi connectivity index (χ0n) is 16.5. The molecule has 30 heavy (non-hydrogen) atoms. The van der Waals surface area contributed by atoms with Gasteiger partial charge in [-0.05, 0) is 30.0 Å². The van der Waals surface area contributed by atoms with Crippen LogP contribution in [0.3, 0.4) is 0 Å². The second-order valence-electron chi connectivity index (χ2n) is 7.03. The number of aryl methyl sites for hydroxylation is 1. The highest BCUT2D eigenvalue weighted by Gasteiger charge is 2.11. The van der Waals surface area contributed by atoms with Crippen LogP contribution >= 0.6 is 0 Å². The van der Waals surface area contributed by atoms with Crippen LogP contribution in [0.2, 0.25) is 0 Å². The number of hydrogen-bond acceptors (Lipinski definition) is 6. The molecule has 6 nitrogen and oxygen atoms in total. The molecule has 4 aromatic rings. The molecule has 0 unspecified atom stereocenters. The Morgan fingerprint density at radius 2 is 1.50 bits per heavy atom. The van der Waals surface area contributed by atoms with E-state index in [9.17, 15) is 9.90 Å². The van der Waals surface area contributed by atoms with Crippen molar-refractivity contribution in [3.8, 4) is 17.1 Å². The van der Waals surface area contributed by atoms with E-state index in [1.165, 1.54) is 11.1 Å². The van der Waals surface area contributed by atoms with E-state index in [4.69, 9.17) is 0 Å². The van der Waals surface area contributed by atoms with Crippen LogP contribution in [0, 0.1) is 6.92 Å². The minimum absolute atomic E-state index is 0.00868. The Balaban J connectivity index is 1.47. The van der Waals surface area contributed by atoms with Crippen molar-refractivity contribution >= 4 is 6.29 Å². The minimum atomic E-state index is -0.184. The molecule has 0 radical (unpaired) electrons. The lowest BCUT2D eigenvalue weighted by Crippen LogP contribution is -2.04. The highest BCUT2D eigenvalue weighted by Crippen LogP contribution is 2.20. The maximum absolute atomic E-state index is 11.0. The minimum Gasteiger partial charge on any atom is -0.504 e. The van der Waals surface area contributed by atoms with E-state index in [-0.39, 0.29) is 11.4 Å². The Bertz CT molecular complexity index is 1160. The topological polar surface area (TPSA) is 88.9 Å². The van der Waals surface area contributed by atoms with Gasteiger partial charge in [0.25, 0.3) is 0 Å². The molecule has 0 amide bonds. The molecule has 4 rings (SSSR count). The maximum Gasteiger partial charge on any atom is 0.172 e. The lowest BCUT2D eigenvalue weighted by Gasteiger charge is -2.07. The monoisotopic (exact) mass is 396 g/mol. The second kappa shape index (κ2) is 8.61. The number of hydrogen-bond donors (Lipinski definition) is 1. The van der Waals surface area contributed by atoms with Crippen LogP contribution in [0.25, 0.3) is 11.4 Å². The van der Waals surface area contributed by atoms with Gasteiger partial charge in [0.05, 0.1) is 5.69 Å². The number of aromatic hydroxyl groups is 1. The first-order chi connectivity index (χ1) is 14.6. The van der Waals surface area contributed by atoms with Crippen molar-refractivity contribution in [2.24, 2.45) is 0 Å². The number of carbonyl (C=O) groups is 1. The number of carbonyl (C=O) groups excluding carboxylic acids is 1. The third kappa shape index (κ3) is 4.38. The predicted molar refractivity (Wildman–Crippen MR) is 113 cm³/mol. The fourth-order valence-electron chi connectivity index (χ4n) is 3.19. The van der Waals surface area contributed by atoms with E-state index in [0.29, 0.717) is 30.0 Å². The summed E-state index contributed by atoms with van der Waals surface area (Å²) < 4.78 is 0. The summed E-state index contributed by atoms with van der Waals surface area (Å²) in [7, 11) is 0. The van der Waals surface area contributed by atoms with Crippen LogP contribution in [0.5, 0.6) is 5.75 Å². The van der Waals surface area contributed by atoms with Crippen LogP contribution in [0.4, 0.5) is 0 Å². The molecule has 0 fully saturated rings. The van der Waals surface area contributed by atoms with Gasteiger partial charge in [0.1, 0.15) is 11.5 Å². The van der Waals surface area contributed by atoms with Crippen molar-refractivity contribution in [3.63, 3.8) is 0 Å². The van der Waals surface area contributed by atoms with Gasteiger partial charge in [0.2, 0.25) is 0 Å². The number of benzene rings is 2. The van der Waals surface area contributed by atoms with Crippen LogP contribution in [0.15, 0.2) is 67.0 Å². The molecule has 0 spiro atoms. The summed E-state index contributed by atoms with van der Waals surface area (Å²) in [5.41, 5.74) is 4.63. The first-order valence-electron chi connectivity index (χ1n) is 9.58. The molecular formula is C24H20N4O2. The third-order valence-corrected chi connectivity index (χ3v) is 4.77. The number of aldehydes is 1. The van der Waals surface area contributed by atoms with Crippen LogP contribution in [-0.4, -0.2) is 31.3 Å². The fourth-order valence-corrected chi connectivity index (χ4v) is 3.19. The molecule has 1 N–H and O–H groups in total. The van der Waals surface area contributed by atoms with Crippen molar-refractivity contribution in [1.82, 2.24) is 19.9 Å². The van der Waals surface area contributed by atoms with Gasteiger partial charge in [-0.3, -0.25) is 4.79 Å². The van der Waals surface area contributed by atoms with Gasteiger partial charge in [-0.25, -0.2) is 19.9 Å². The molecule has 0 aliphatic rings. The molecular weight excluding hydrogens is 376 g/mol. The van der Waals surface area contributed by atoms with Crippen LogP contribution < -0.4 is 0 Å². The normalized spacial score (nSPS) is 10.7. The summed E-state index contributed by atoms with van der Waals surface area (Å²) in [6, 6.07) is 18.6. The molecule has 0 saturated carbocycles. The molecule has 0 saturated heterocycles. The first kappa shape index (κ1) is 19.4. The Morgan fingerprint density at radius 3 is 2.17 bits per heavy atom. The lowest BCUT2D eigenvalue weighted by molar-refractivity contribution is 0.111. The largest absolute Gasteiger partial charge is 0.504 e. The molecule has 2 aromatic heterocycles. The van der Waals surface area contributed by atoms with Crippen LogP contribution in [-0.2, 0) is 12.8 Å². The Labute approximate surface area is 174 Å². The summed E-state index contributed by atoms with van der Waals surface area (Å²) in [6.45, 7) is 1.63. The maximum atomic E-state index is 11.0. The van der Waals surface area contributed by atoms with Crippen molar-refractivity contribution in [2.75, 3.05) is 0 Å². The lowest BCUT2D eigenvalue weighted by atomic mass is 10.0. The number of rotatable bonds is 6. The Kier molecular flexibility index (Phi) is 5.57. The molecule has 0 atom stereocenters. The first-order valence-corrected chi connectivity index (χ1v) is 9.58. The molecule has 6 heteroatoms. The van der Waals surface area contributed by atoms with Crippen LogP contribution in [0.1, 0.15) is 38.7 Å². The van der Waals surface area contributed by atoms with Gasteiger partial charge in [-0.2, -0.15) is 0 Å². The Morgan fingerprint density at radius 1 is 0.833 bits per heavy atom. The Hall–Kier alpha value is -3.93. The van der Waals surface area contributed by atoms with E-state index in [1.807, 2.05) is 30.3 Å². The zero-order valence-corrected chi connectivity index (χ0v) is 16.5. The molecule has 148 valence electrons. The van der Waals surface area contributed by atoms with Crippen molar-refractivity contribution in [1.29, 1.82) is 0 Å². The van der Waals surface area contributed by atoms with Gasteiger partial charge in [0.15, 0.2) is 17.9 Å². The van der Waals surface area contributed by atoms with E-state index < -0.39 is 0 Å². The highest BCUT2D eigenvalue weighted by atomic mass is 16.3. The van der Waals surface area contributed by atoms with Gasteiger partial charge in [0, 0.05) is 24.4 Å². The predicted octanol–water partition coefficient (Wildman–Crippen LogP) is 3.94. The molecule has 0 aliphatic heterocycles. The number of aromatic nitrogens is 4. The second-order valence-corrected chi connectivity index (χ2v) is 7.03. The smallest absolute Gasteiger partial charge is 0.172 e. The van der Waals surface area contributed by atoms with Gasteiger partial charge in [-0.1, -0.05) is 54.6 Å². The van der Waals surface area contributed by atoms with E-state index >= 15 is 0 Å². The molecule has 2 aromatic carbocycles. The zero-order chi connectivity index (χ0) is 20.9. The third-order valence-electron chi connectivity index (χ3n) is 4.77. The average molecular weight is 396 g/mol. The molecule has 0 bridgehead atoms. The van der Waals surface area contributed by atoms with Crippen molar-refractivity contribution in [2.45, 2.75) is 19.8 Å². The summed E-state index contributed by atoms with van der Waals surface area (Å²) >= 11 is 0. The number of nitrogens with zero attached hydrogens (tertiary/aromatic N) is 4.